The molecule has 1 saturated carbocycles. The topological polar surface area (TPSA) is 82.8 Å². The van der Waals surface area contributed by atoms with Crippen LogP contribution in [0.5, 0.6) is 5.75 Å². The number of halogens is 2. The Balaban J connectivity index is 1.55. The molecule has 2 aliphatic carbocycles. The number of rotatable bonds is 4. The molecule has 26 heavy (non-hydrogen) atoms. The monoisotopic (exact) mass is 389 g/mol. The molecule has 1 heterocycles. The Kier molecular flexibility index (Phi) is 4.22. The fourth-order valence-corrected chi connectivity index (χ4v) is 4.63. The summed E-state index contributed by atoms with van der Waals surface area (Å²) in [6.07, 6.45) is 6.31. The van der Waals surface area contributed by atoms with Gasteiger partial charge in [0.15, 0.2) is 12.4 Å². The highest BCUT2D eigenvalue weighted by Crippen LogP contribution is 2.52. The first-order valence-corrected chi connectivity index (χ1v) is 8.85. The number of hydrogen-bond donors (Lipinski definition) is 0. The Bertz CT molecular complexity index is 852. The Morgan fingerprint density at radius 3 is 2.31 bits per heavy atom. The van der Waals surface area contributed by atoms with Crippen LogP contribution in [0.4, 0.5) is 0 Å². The van der Waals surface area contributed by atoms with Crippen LogP contribution in [0.1, 0.15) is 12.0 Å². The number of nitrogens with zero attached hydrogens (tertiary/aromatic N) is 3. The van der Waals surface area contributed by atoms with Crippen LogP contribution < -0.4 is 4.74 Å². The highest BCUT2D eigenvalue weighted by Gasteiger charge is 2.59. The van der Waals surface area contributed by atoms with E-state index in [1.54, 1.807) is 12.1 Å². The summed E-state index contributed by atoms with van der Waals surface area (Å²) in [6, 6.07) is 4.92. The molecule has 0 radical (unpaired) electrons. The normalized spacial score (nSPS) is 28.9. The predicted molar refractivity (Wildman–Crippen MR) is 94.7 cm³/mol. The lowest BCUT2D eigenvalue weighted by molar-refractivity contribution is -0.140. The van der Waals surface area contributed by atoms with E-state index in [0.717, 1.165) is 11.4 Å². The van der Waals surface area contributed by atoms with E-state index in [2.05, 4.69) is 5.10 Å². The third kappa shape index (κ3) is 2.59. The second-order valence-electron chi connectivity index (χ2n) is 6.49. The minimum Gasteiger partial charge on any atom is -0.476 e. The molecule has 6 nitrogen and oxygen atoms in total. The second-order valence-corrected chi connectivity index (χ2v) is 7.31. The van der Waals surface area contributed by atoms with E-state index in [9.17, 15) is 9.59 Å². The van der Waals surface area contributed by atoms with E-state index < -0.39 is 0 Å². The van der Waals surface area contributed by atoms with E-state index in [1.165, 1.54) is 6.21 Å². The van der Waals surface area contributed by atoms with Gasteiger partial charge in [-0.05, 0) is 36.0 Å². The summed E-state index contributed by atoms with van der Waals surface area (Å²) in [6.45, 7) is -0.178. The van der Waals surface area contributed by atoms with Gasteiger partial charge in [-0.1, -0.05) is 35.4 Å². The van der Waals surface area contributed by atoms with Crippen molar-refractivity contribution in [3.63, 3.8) is 0 Å². The zero-order valence-corrected chi connectivity index (χ0v) is 14.9. The first-order chi connectivity index (χ1) is 12.5. The Morgan fingerprint density at radius 2 is 1.77 bits per heavy atom. The largest absolute Gasteiger partial charge is 0.476 e. The van der Waals surface area contributed by atoms with Crippen LogP contribution in [-0.4, -0.2) is 29.6 Å². The first kappa shape index (κ1) is 17.1. The van der Waals surface area contributed by atoms with E-state index in [-0.39, 0.29) is 57.9 Å². The number of carbonyl (C=O) groups is 2. The molecule has 0 aromatic heterocycles. The van der Waals surface area contributed by atoms with E-state index in [1.807, 2.05) is 18.2 Å². The van der Waals surface area contributed by atoms with Crippen molar-refractivity contribution in [3.8, 4) is 11.8 Å². The van der Waals surface area contributed by atoms with E-state index in [0.29, 0.717) is 5.56 Å². The molecule has 1 saturated heterocycles. The molecular weight excluding hydrogens is 377 g/mol. The molecule has 2 bridgehead atoms. The summed E-state index contributed by atoms with van der Waals surface area (Å²) in [5.74, 6) is -0.590. The van der Waals surface area contributed by atoms with Gasteiger partial charge >= 0.3 is 0 Å². The van der Waals surface area contributed by atoms with Gasteiger partial charge in [0.05, 0.1) is 28.1 Å². The van der Waals surface area contributed by atoms with Crippen molar-refractivity contribution in [1.82, 2.24) is 5.01 Å². The van der Waals surface area contributed by atoms with Gasteiger partial charge in [0.2, 0.25) is 0 Å². The van der Waals surface area contributed by atoms with Crippen LogP contribution in [-0.2, 0) is 9.59 Å². The summed E-state index contributed by atoms with van der Waals surface area (Å²) < 4.78 is 5.17. The van der Waals surface area contributed by atoms with Gasteiger partial charge in [0.1, 0.15) is 6.07 Å². The number of carbonyl (C=O) groups excluding carboxylic acids is 2. The lowest BCUT2D eigenvalue weighted by atomic mass is 9.85. The van der Waals surface area contributed by atoms with Crippen LogP contribution in [0, 0.1) is 35.0 Å². The van der Waals surface area contributed by atoms with Gasteiger partial charge in [-0.15, -0.1) is 0 Å². The molecule has 4 atom stereocenters. The molecule has 4 rings (SSSR count). The van der Waals surface area contributed by atoms with Crippen LogP contribution in [0.3, 0.4) is 0 Å². The van der Waals surface area contributed by atoms with Crippen molar-refractivity contribution < 1.29 is 14.3 Å². The van der Waals surface area contributed by atoms with Crippen LogP contribution in [0.25, 0.3) is 0 Å². The summed E-state index contributed by atoms with van der Waals surface area (Å²) >= 11 is 12.2. The minimum absolute atomic E-state index is 0.141. The number of amides is 2. The lowest BCUT2D eigenvalue weighted by Gasteiger charge is -2.13. The maximum atomic E-state index is 12.6. The van der Waals surface area contributed by atoms with Crippen molar-refractivity contribution in [2.75, 3.05) is 6.61 Å². The Hall–Kier alpha value is -2.36. The molecule has 132 valence electrons. The number of benzene rings is 1. The van der Waals surface area contributed by atoms with Gasteiger partial charge in [-0.25, -0.2) is 0 Å². The maximum Gasteiger partial charge on any atom is 0.254 e. The van der Waals surface area contributed by atoms with E-state index >= 15 is 0 Å². The molecular formula is C18H13Cl2N3O3. The molecule has 1 aliphatic heterocycles. The highest BCUT2D eigenvalue weighted by atomic mass is 35.5. The highest BCUT2D eigenvalue weighted by molar-refractivity contribution is 6.37. The van der Waals surface area contributed by atoms with Gasteiger partial charge < -0.3 is 4.74 Å². The molecule has 3 aliphatic rings. The third-order valence-corrected chi connectivity index (χ3v) is 5.63. The predicted octanol–water partition coefficient (Wildman–Crippen LogP) is 3.04. The molecule has 8 heteroatoms. The van der Waals surface area contributed by atoms with Crippen molar-refractivity contribution in [3.05, 3.63) is 39.9 Å². The molecule has 4 unspecified atom stereocenters. The zero-order chi connectivity index (χ0) is 18.4. The molecule has 0 spiro atoms. The molecule has 2 amide bonds. The van der Waals surface area contributed by atoms with Gasteiger partial charge in [0.25, 0.3) is 11.8 Å². The molecule has 1 aromatic carbocycles. The number of hydrazone groups is 1. The smallest absolute Gasteiger partial charge is 0.254 e. The number of nitriles is 1. The number of imide groups is 1. The van der Waals surface area contributed by atoms with Gasteiger partial charge in [0, 0.05) is 0 Å². The van der Waals surface area contributed by atoms with E-state index in [4.69, 9.17) is 33.2 Å². The fourth-order valence-electron chi connectivity index (χ4n) is 4.02. The second kappa shape index (κ2) is 6.42. The summed E-state index contributed by atoms with van der Waals surface area (Å²) in [5.41, 5.74) is 0.517. The average molecular weight is 390 g/mol. The van der Waals surface area contributed by atoms with Gasteiger partial charge in [-0.2, -0.15) is 15.4 Å². The van der Waals surface area contributed by atoms with Crippen LogP contribution in [0.2, 0.25) is 10.0 Å². The van der Waals surface area contributed by atoms with Crippen molar-refractivity contribution in [2.24, 2.45) is 28.8 Å². The van der Waals surface area contributed by atoms with Crippen LogP contribution in [0.15, 0.2) is 29.4 Å². The Labute approximate surface area is 159 Å². The number of fused-ring (bicyclic) bond motifs is 5. The van der Waals surface area contributed by atoms with Crippen LogP contribution >= 0.6 is 23.2 Å². The number of allylic oxidation sites excluding steroid dienone is 2. The Morgan fingerprint density at radius 1 is 1.19 bits per heavy atom. The summed E-state index contributed by atoms with van der Waals surface area (Å²) in [7, 11) is 0. The van der Waals surface area contributed by atoms with Gasteiger partial charge in [-0.3, -0.25) is 9.59 Å². The quantitative estimate of drug-likeness (QED) is 0.450. The summed E-state index contributed by atoms with van der Waals surface area (Å²) in [4.78, 5) is 25.1. The lowest BCUT2D eigenvalue weighted by Crippen LogP contribution is -2.28. The SMILES string of the molecule is N#CCOc1c(Cl)cc(C=NN2C(=O)C3C4C=CC(C4)C3C2=O)cc1Cl. The van der Waals surface area contributed by atoms with Crippen molar-refractivity contribution >= 4 is 41.2 Å². The molecule has 0 N–H and O–H groups in total. The number of hydrogen-bond acceptors (Lipinski definition) is 5. The fraction of sp³-hybridized carbons (Fsp3) is 0.333. The maximum absolute atomic E-state index is 12.6. The molecule has 1 aromatic rings. The summed E-state index contributed by atoms with van der Waals surface area (Å²) in [5, 5.41) is 14.0. The third-order valence-electron chi connectivity index (χ3n) is 5.07. The first-order valence-electron chi connectivity index (χ1n) is 8.10. The van der Waals surface area contributed by atoms with Crippen molar-refractivity contribution in [2.45, 2.75) is 6.42 Å². The number of ether oxygens (including phenoxy) is 1. The standard InChI is InChI=1S/C18H13Cl2N3O3/c19-12-5-9(6-13(20)16(12)26-4-3-21)8-22-23-17(24)14-10-1-2-11(7-10)15(14)18(23)25/h1-2,5-6,8,10-11,14-15H,4,7H2. The van der Waals surface area contributed by atoms with Crippen molar-refractivity contribution in [1.29, 1.82) is 5.26 Å². The molecule has 2 fully saturated rings. The average Bonchev–Trinajstić information content (AvgIpc) is 3.27. The minimum atomic E-state index is -0.288. The zero-order valence-electron chi connectivity index (χ0n) is 13.4.